The Labute approximate surface area is 119 Å². The fourth-order valence-corrected chi connectivity index (χ4v) is 2.53. The van der Waals surface area contributed by atoms with Crippen molar-refractivity contribution in [2.75, 3.05) is 0 Å². The van der Waals surface area contributed by atoms with Gasteiger partial charge in [0.15, 0.2) is 0 Å². The van der Waals surface area contributed by atoms with Gasteiger partial charge in [0.2, 0.25) is 0 Å². The van der Waals surface area contributed by atoms with Crippen LogP contribution in [-0.4, -0.2) is 6.36 Å². The van der Waals surface area contributed by atoms with E-state index in [0.717, 1.165) is 4.88 Å². The van der Waals surface area contributed by atoms with Crippen LogP contribution < -0.4 is 10.1 Å². The van der Waals surface area contributed by atoms with Crippen LogP contribution in [0.3, 0.4) is 0 Å². The Morgan fingerprint density at radius 1 is 1.20 bits per heavy atom. The van der Waals surface area contributed by atoms with E-state index in [1.54, 1.807) is 23.5 Å². The molecule has 0 fully saturated rings. The zero-order valence-electron chi connectivity index (χ0n) is 10.8. The van der Waals surface area contributed by atoms with Crippen molar-refractivity contribution in [1.82, 2.24) is 5.32 Å². The number of hydrogen-bond donors (Lipinski definition) is 1. The van der Waals surface area contributed by atoms with Crippen LogP contribution in [0.5, 0.6) is 5.75 Å². The number of ether oxygens (including phenoxy) is 1. The van der Waals surface area contributed by atoms with Crippen molar-refractivity contribution in [1.29, 1.82) is 0 Å². The van der Waals surface area contributed by atoms with Crippen molar-refractivity contribution in [3.05, 3.63) is 52.2 Å². The van der Waals surface area contributed by atoms with E-state index in [0.29, 0.717) is 12.1 Å². The number of rotatable bonds is 5. The van der Waals surface area contributed by atoms with Gasteiger partial charge in [-0.1, -0.05) is 24.3 Å². The van der Waals surface area contributed by atoms with E-state index >= 15 is 0 Å². The van der Waals surface area contributed by atoms with E-state index < -0.39 is 6.36 Å². The molecule has 1 atom stereocenters. The highest BCUT2D eigenvalue weighted by atomic mass is 32.1. The molecule has 2 rings (SSSR count). The Morgan fingerprint density at radius 2 is 1.95 bits per heavy atom. The van der Waals surface area contributed by atoms with Gasteiger partial charge in [0.05, 0.1) is 0 Å². The molecule has 1 unspecified atom stereocenters. The van der Waals surface area contributed by atoms with Crippen molar-refractivity contribution in [2.45, 2.75) is 25.9 Å². The number of hydrogen-bond acceptors (Lipinski definition) is 3. The minimum atomic E-state index is -4.67. The molecule has 0 amide bonds. The molecule has 0 saturated carbocycles. The molecule has 1 aromatic carbocycles. The third kappa shape index (κ3) is 4.25. The number of para-hydroxylation sites is 1. The fourth-order valence-electron chi connectivity index (χ4n) is 1.78. The summed E-state index contributed by atoms with van der Waals surface area (Å²) in [5, 5.41) is 5.16. The van der Waals surface area contributed by atoms with Crippen LogP contribution in [0.25, 0.3) is 0 Å². The molecule has 20 heavy (non-hydrogen) atoms. The van der Waals surface area contributed by atoms with Gasteiger partial charge in [-0.3, -0.25) is 0 Å². The summed E-state index contributed by atoms with van der Waals surface area (Å²) in [7, 11) is 0. The highest BCUT2D eigenvalue weighted by Crippen LogP contribution is 2.27. The van der Waals surface area contributed by atoms with Gasteiger partial charge in [0.1, 0.15) is 5.75 Å². The van der Waals surface area contributed by atoms with Gasteiger partial charge in [-0.05, 0) is 24.4 Å². The van der Waals surface area contributed by atoms with E-state index in [1.807, 2.05) is 24.4 Å². The summed E-state index contributed by atoms with van der Waals surface area (Å²) < 4.78 is 40.9. The minimum Gasteiger partial charge on any atom is -0.405 e. The van der Waals surface area contributed by atoms with E-state index in [9.17, 15) is 13.2 Å². The van der Waals surface area contributed by atoms with Gasteiger partial charge in [0, 0.05) is 23.0 Å². The van der Waals surface area contributed by atoms with Crippen molar-refractivity contribution in [2.24, 2.45) is 0 Å². The van der Waals surface area contributed by atoms with Gasteiger partial charge in [-0.25, -0.2) is 0 Å². The zero-order chi connectivity index (χ0) is 14.6. The first-order valence-corrected chi connectivity index (χ1v) is 6.94. The lowest BCUT2D eigenvalue weighted by Gasteiger charge is -2.16. The number of nitrogens with one attached hydrogen (secondary N) is 1. The average molecular weight is 301 g/mol. The number of alkyl halides is 3. The second-order valence-electron chi connectivity index (χ2n) is 4.27. The highest BCUT2D eigenvalue weighted by Gasteiger charge is 2.31. The van der Waals surface area contributed by atoms with Crippen molar-refractivity contribution in [3.63, 3.8) is 0 Å². The molecule has 0 aliphatic carbocycles. The molecule has 0 bridgehead atoms. The van der Waals surface area contributed by atoms with E-state index in [2.05, 4.69) is 10.1 Å². The van der Waals surface area contributed by atoms with E-state index in [-0.39, 0.29) is 11.8 Å². The summed E-state index contributed by atoms with van der Waals surface area (Å²) in [4.78, 5) is 1.14. The second kappa shape index (κ2) is 6.28. The Bertz CT molecular complexity index is 540. The molecule has 6 heteroatoms. The predicted octanol–water partition coefficient (Wildman–Crippen LogP) is 4.50. The molecule has 108 valence electrons. The Hall–Kier alpha value is -1.53. The predicted molar refractivity (Wildman–Crippen MR) is 72.7 cm³/mol. The topological polar surface area (TPSA) is 21.3 Å². The maximum Gasteiger partial charge on any atom is 0.573 e. The Morgan fingerprint density at radius 3 is 2.60 bits per heavy atom. The summed E-state index contributed by atoms with van der Waals surface area (Å²) in [6.07, 6.45) is -4.67. The summed E-state index contributed by atoms with van der Waals surface area (Å²) in [5.74, 6) is -0.161. The molecular formula is C14H14F3NOS. The number of benzene rings is 1. The largest absolute Gasteiger partial charge is 0.573 e. The van der Waals surface area contributed by atoms with E-state index in [4.69, 9.17) is 0 Å². The maximum absolute atomic E-state index is 12.3. The molecule has 0 aliphatic rings. The van der Waals surface area contributed by atoms with Crippen LogP contribution in [0.1, 0.15) is 23.4 Å². The second-order valence-corrected chi connectivity index (χ2v) is 5.25. The van der Waals surface area contributed by atoms with Crippen molar-refractivity contribution >= 4 is 11.3 Å². The van der Waals surface area contributed by atoms with Crippen molar-refractivity contribution in [3.8, 4) is 5.75 Å². The molecule has 1 N–H and O–H groups in total. The third-order valence-electron chi connectivity index (χ3n) is 2.77. The molecule has 2 nitrogen and oxygen atoms in total. The first-order valence-electron chi connectivity index (χ1n) is 6.06. The summed E-state index contributed by atoms with van der Waals surface area (Å²) in [6, 6.07) is 10.2. The first-order chi connectivity index (χ1) is 9.46. The van der Waals surface area contributed by atoms with Gasteiger partial charge < -0.3 is 10.1 Å². The lowest BCUT2D eigenvalue weighted by molar-refractivity contribution is -0.274. The van der Waals surface area contributed by atoms with Gasteiger partial charge in [-0.2, -0.15) is 0 Å². The average Bonchev–Trinajstić information content (AvgIpc) is 2.89. The summed E-state index contributed by atoms with van der Waals surface area (Å²) in [5.41, 5.74) is 0.480. The van der Waals surface area contributed by atoms with Gasteiger partial charge in [0.25, 0.3) is 0 Å². The Balaban J connectivity index is 2.02. The third-order valence-corrected chi connectivity index (χ3v) is 3.82. The summed E-state index contributed by atoms with van der Waals surface area (Å²) in [6.45, 7) is 2.28. The zero-order valence-corrected chi connectivity index (χ0v) is 11.6. The Kier molecular flexibility index (Phi) is 4.67. The van der Waals surface area contributed by atoms with Gasteiger partial charge >= 0.3 is 6.36 Å². The molecule has 0 aliphatic heterocycles. The molecular weight excluding hydrogens is 287 g/mol. The standard InChI is InChI=1S/C14H14F3NOS/c1-10(13-7-4-8-20-13)18-9-11-5-2-3-6-12(11)19-14(15,16)17/h2-8,10,18H,9H2,1H3. The highest BCUT2D eigenvalue weighted by molar-refractivity contribution is 7.10. The van der Waals surface area contributed by atoms with Gasteiger partial charge in [-0.15, -0.1) is 24.5 Å². The fraction of sp³-hybridized carbons (Fsp3) is 0.286. The number of halogens is 3. The van der Waals surface area contributed by atoms with Crippen LogP contribution in [0.15, 0.2) is 41.8 Å². The molecule has 0 radical (unpaired) electrons. The maximum atomic E-state index is 12.3. The first kappa shape index (κ1) is 14.9. The molecule has 0 saturated heterocycles. The monoisotopic (exact) mass is 301 g/mol. The lowest BCUT2D eigenvalue weighted by atomic mass is 10.2. The minimum absolute atomic E-state index is 0.0777. The summed E-state index contributed by atoms with van der Waals surface area (Å²) >= 11 is 1.61. The lowest BCUT2D eigenvalue weighted by Crippen LogP contribution is -2.21. The molecule has 2 aromatic rings. The van der Waals surface area contributed by atoms with Crippen LogP contribution in [0.2, 0.25) is 0 Å². The normalized spacial score (nSPS) is 13.2. The SMILES string of the molecule is CC(NCc1ccccc1OC(F)(F)F)c1cccs1. The van der Waals surface area contributed by atoms with Crippen molar-refractivity contribution < 1.29 is 17.9 Å². The quantitative estimate of drug-likeness (QED) is 0.878. The van der Waals surface area contributed by atoms with Crippen LogP contribution in [-0.2, 0) is 6.54 Å². The molecule has 1 heterocycles. The van der Waals surface area contributed by atoms with Crippen LogP contribution in [0, 0.1) is 0 Å². The molecule has 0 spiro atoms. The smallest absolute Gasteiger partial charge is 0.405 e. The van der Waals surface area contributed by atoms with E-state index in [1.165, 1.54) is 12.1 Å². The number of thiophene rings is 1. The van der Waals surface area contributed by atoms with Crippen LogP contribution in [0.4, 0.5) is 13.2 Å². The molecule has 1 aromatic heterocycles. The van der Waals surface area contributed by atoms with Crippen LogP contribution >= 0.6 is 11.3 Å².